The molecule has 0 spiro atoms. The van der Waals surface area contributed by atoms with Gasteiger partial charge < -0.3 is 10.2 Å². The zero-order valence-corrected chi connectivity index (χ0v) is 17.1. The third-order valence-electron chi connectivity index (χ3n) is 5.53. The number of pyridine rings is 1. The van der Waals surface area contributed by atoms with Crippen LogP contribution in [-0.4, -0.2) is 39.2 Å². The molecule has 1 atom stereocenters. The van der Waals surface area contributed by atoms with Gasteiger partial charge in [-0.3, -0.25) is 14.0 Å². The topological polar surface area (TPSA) is 66.7 Å². The second kappa shape index (κ2) is 7.70. The number of aryl methyl sites for hydroxylation is 2. The lowest BCUT2D eigenvalue weighted by atomic mass is 10.0. The third-order valence-corrected chi connectivity index (χ3v) is 5.53. The molecule has 0 aliphatic carbocycles. The van der Waals surface area contributed by atoms with E-state index in [1.807, 2.05) is 55.1 Å². The maximum absolute atomic E-state index is 13.2. The number of anilines is 1. The van der Waals surface area contributed by atoms with E-state index in [0.717, 1.165) is 42.7 Å². The Morgan fingerprint density at radius 3 is 2.76 bits per heavy atom. The number of imidazole rings is 1. The molecule has 1 saturated heterocycles. The van der Waals surface area contributed by atoms with Crippen molar-refractivity contribution in [3.8, 4) is 0 Å². The molecule has 1 fully saturated rings. The standard InChI is InChI=1S/C23H26N4O2/c1-15-9-10-18(17(3)13-15)24-22(28)20-19-8-4-5-12-27(19)21(25-20)23(29)26-11-6-7-16(2)14-26/h4-5,8-10,12-13,16H,6-7,11,14H2,1-3H3,(H,24,28). The summed E-state index contributed by atoms with van der Waals surface area (Å²) in [4.78, 5) is 32.5. The summed E-state index contributed by atoms with van der Waals surface area (Å²) in [6, 6.07) is 11.4. The minimum Gasteiger partial charge on any atom is -0.336 e. The van der Waals surface area contributed by atoms with Gasteiger partial charge in [0.15, 0.2) is 5.69 Å². The van der Waals surface area contributed by atoms with Gasteiger partial charge in [-0.05, 0) is 56.4 Å². The first kappa shape index (κ1) is 19.2. The maximum atomic E-state index is 13.2. The molecular formula is C23H26N4O2. The lowest BCUT2D eigenvalue weighted by Crippen LogP contribution is -2.39. The highest BCUT2D eigenvalue weighted by Gasteiger charge is 2.28. The summed E-state index contributed by atoms with van der Waals surface area (Å²) in [7, 11) is 0. The van der Waals surface area contributed by atoms with Crippen molar-refractivity contribution in [2.45, 2.75) is 33.6 Å². The number of hydrogen-bond donors (Lipinski definition) is 1. The molecule has 4 rings (SSSR count). The molecule has 0 radical (unpaired) electrons. The summed E-state index contributed by atoms with van der Waals surface area (Å²) in [5.74, 6) is 0.335. The molecular weight excluding hydrogens is 364 g/mol. The quantitative estimate of drug-likeness (QED) is 0.733. The molecule has 1 aromatic carbocycles. The first-order valence-electron chi connectivity index (χ1n) is 10.1. The van der Waals surface area contributed by atoms with Gasteiger partial charge in [-0.1, -0.05) is 30.7 Å². The van der Waals surface area contributed by atoms with Crippen molar-refractivity contribution < 1.29 is 9.59 Å². The van der Waals surface area contributed by atoms with E-state index in [1.54, 1.807) is 10.6 Å². The first-order chi connectivity index (χ1) is 13.9. The van der Waals surface area contributed by atoms with E-state index in [2.05, 4.69) is 17.2 Å². The Labute approximate surface area is 170 Å². The number of rotatable bonds is 3. The highest BCUT2D eigenvalue weighted by Crippen LogP contribution is 2.22. The van der Waals surface area contributed by atoms with Crippen LogP contribution in [0.1, 0.15) is 52.0 Å². The normalized spacial score (nSPS) is 16.8. The Bertz CT molecular complexity index is 1090. The Kier molecular flexibility index (Phi) is 5.09. The molecule has 6 nitrogen and oxygen atoms in total. The number of fused-ring (bicyclic) bond motifs is 1. The zero-order valence-electron chi connectivity index (χ0n) is 17.1. The van der Waals surface area contributed by atoms with Crippen LogP contribution in [0.4, 0.5) is 5.69 Å². The number of hydrogen-bond acceptors (Lipinski definition) is 3. The Morgan fingerprint density at radius 2 is 2.00 bits per heavy atom. The maximum Gasteiger partial charge on any atom is 0.290 e. The highest BCUT2D eigenvalue weighted by atomic mass is 16.2. The fourth-order valence-corrected chi connectivity index (χ4v) is 4.01. The summed E-state index contributed by atoms with van der Waals surface area (Å²) in [5.41, 5.74) is 3.76. The number of carbonyl (C=O) groups excluding carboxylic acids is 2. The molecule has 6 heteroatoms. The smallest absolute Gasteiger partial charge is 0.290 e. The van der Waals surface area contributed by atoms with Gasteiger partial charge in [-0.2, -0.15) is 0 Å². The van der Waals surface area contributed by atoms with Gasteiger partial charge in [-0.25, -0.2) is 4.98 Å². The second-order valence-corrected chi connectivity index (χ2v) is 8.01. The average Bonchev–Trinajstić information content (AvgIpc) is 3.09. The largest absolute Gasteiger partial charge is 0.336 e. The summed E-state index contributed by atoms with van der Waals surface area (Å²) in [6.07, 6.45) is 3.92. The fraction of sp³-hybridized carbons (Fsp3) is 0.348. The number of likely N-dealkylation sites (tertiary alicyclic amines) is 1. The fourth-order valence-electron chi connectivity index (χ4n) is 4.01. The van der Waals surface area contributed by atoms with Gasteiger partial charge in [0.1, 0.15) is 0 Å². The van der Waals surface area contributed by atoms with Gasteiger partial charge in [0.2, 0.25) is 5.82 Å². The molecule has 1 N–H and O–H groups in total. The van der Waals surface area contributed by atoms with Crippen molar-refractivity contribution >= 4 is 23.0 Å². The number of amides is 2. The average molecular weight is 390 g/mol. The number of nitrogens with zero attached hydrogens (tertiary/aromatic N) is 3. The molecule has 3 heterocycles. The molecule has 1 aliphatic rings. The van der Waals surface area contributed by atoms with E-state index in [4.69, 9.17) is 0 Å². The Morgan fingerprint density at radius 1 is 1.17 bits per heavy atom. The molecule has 2 amide bonds. The SMILES string of the molecule is Cc1ccc(NC(=O)c2nc(C(=O)N3CCCC(C)C3)n3ccccc23)c(C)c1. The second-order valence-electron chi connectivity index (χ2n) is 8.01. The number of benzene rings is 1. The van der Waals surface area contributed by atoms with E-state index in [1.165, 1.54) is 0 Å². The van der Waals surface area contributed by atoms with Gasteiger partial charge in [0, 0.05) is 25.0 Å². The van der Waals surface area contributed by atoms with Crippen molar-refractivity contribution in [2.75, 3.05) is 18.4 Å². The van der Waals surface area contributed by atoms with Crippen molar-refractivity contribution in [3.05, 3.63) is 65.2 Å². The summed E-state index contributed by atoms with van der Waals surface area (Å²) in [5, 5.41) is 2.95. The third kappa shape index (κ3) is 3.75. The molecule has 0 bridgehead atoms. The van der Waals surface area contributed by atoms with Crippen LogP contribution >= 0.6 is 0 Å². The van der Waals surface area contributed by atoms with Crippen molar-refractivity contribution in [3.63, 3.8) is 0 Å². The highest BCUT2D eigenvalue weighted by molar-refractivity contribution is 6.09. The van der Waals surface area contributed by atoms with Gasteiger partial charge in [-0.15, -0.1) is 0 Å². The lowest BCUT2D eigenvalue weighted by molar-refractivity contribution is 0.0670. The van der Waals surface area contributed by atoms with E-state index < -0.39 is 0 Å². The van der Waals surface area contributed by atoms with E-state index in [9.17, 15) is 9.59 Å². The zero-order chi connectivity index (χ0) is 20.5. The summed E-state index contributed by atoms with van der Waals surface area (Å²) in [6.45, 7) is 7.59. The van der Waals surface area contributed by atoms with Crippen molar-refractivity contribution in [1.82, 2.24) is 14.3 Å². The number of aromatic nitrogens is 2. The van der Waals surface area contributed by atoms with Crippen LogP contribution < -0.4 is 5.32 Å². The van der Waals surface area contributed by atoms with Crippen LogP contribution in [0.25, 0.3) is 5.52 Å². The van der Waals surface area contributed by atoms with Crippen molar-refractivity contribution in [2.24, 2.45) is 5.92 Å². The molecule has 150 valence electrons. The first-order valence-corrected chi connectivity index (χ1v) is 10.1. The minimum absolute atomic E-state index is 0.122. The predicted octanol–water partition coefficient (Wildman–Crippen LogP) is 4.08. The Hall–Kier alpha value is -3.15. The van der Waals surface area contributed by atoms with E-state index >= 15 is 0 Å². The van der Waals surface area contributed by atoms with E-state index in [-0.39, 0.29) is 17.5 Å². The van der Waals surface area contributed by atoms with Gasteiger partial charge >= 0.3 is 0 Å². The lowest BCUT2D eigenvalue weighted by Gasteiger charge is -2.30. The van der Waals surface area contributed by atoms with Crippen molar-refractivity contribution in [1.29, 1.82) is 0 Å². The number of carbonyl (C=O) groups is 2. The van der Waals surface area contributed by atoms with Crippen LogP contribution in [-0.2, 0) is 0 Å². The molecule has 29 heavy (non-hydrogen) atoms. The van der Waals surface area contributed by atoms with Crippen LogP contribution in [0.3, 0.4) is 0 Å². The minimum atomic E-state index is -0.313. The van der Waals surface area contributed by atoms with Crippen LogP contribution in [0.5, 0.6) is 0 Å². The van der Waals surface area contributed by atoms with Gasteiger partial charge in [0.05, 0.1) is 5.52 Å². The number of nitrogens with one attached hydrogen (secondary N) is 1. The summed E-state index contributed by atoms with van der Waals surface area (Å²) < 4.78 is 1.72. The van der Waals surface area contributed by atoms with Crippen LogP contribution in [0.2, 0.25) is 0 Å². The number of piperidine rings is 1. The Balaban J connectivity index is 1.68. The predicted molar refractivity (Wildman–Crippen MR) is 113 cm³/mol. The molecule has 0 saturated carbocycles. The van der Waals surface area contributed by atoms with E-state index in [0.29, 0.717) is 17.3 Å². The van der Waals surface area contributed by atoms with Crippen LogP contribution in [0.15, 0.2) is 42.6 Å². The molecule has 2 aromatic heterocycles. The molecule has 3 aromatic rings. The monoisotopic (exact) mass is 390 g/mol. The van der Waals surface area contributed by atoms with Crippen LogP contribution in [0, 0.1) is 19.8 Å². The molecule has 1 unspecified atom stereocenters. The molecule has 1 aliphatic heterocycles. The summed E-state index contributed by atoms with van der Waals surface area (Å²) >= 11 is 0. The van der Waals surface area contributed by atoms with Gasteiger partial charge in [0.25, 0.3) is 11.8 Å².